The van der Waals surface area contributed by atoms with Crippen molar-refractivity contribution in [2.45, 2.75) is 31.5 Å². The first-order valence-corrected chi connectivity index (χ1v) is 9.19. The van der Waals surface area contributed by atoms with Crippen molar-refractivity contribution in [3.63, 3.8) is 0 Å². The minimum Gasteiger partial charge on any atom is -0.472 e. The summed E-state index contributed by atoms with van der Waals surface area (Å²) in [5.41, 5.74) is 1.44. The largest absolute Gasteiger partial charge is 0.472 e. The second kappa shape index (κ2) is 7.60. The topological polar surface area (TPSA) is 64.8 Å². The molecule has 6 nitrogen and oxygen atoms in total. The molecule has 2 aromatic heterocycles. The molecule has 1 saturated heterocycles. The fourth-order valence-electron chi connectivity index (χ4n) is 4.10. The molecule has 26 heavy (non-hydrogen) atoms. The van der Waals surface area contributed by atoms with E-state index in [1.165, 1.54) is 12.5 Å². The molecular formula is C20H24N2O4. The fourth-order valence-corrected chi connectivity index (χ4v) is 4.10. The molecule has 3 heterocycles. The second-order valence-electron chi connectivity index (χ2n) is 7.11. The Morgan fingerprint density at radius 2 is 2.23 bits per heavy atom. The molecule has 1 aliphatic heterocycles. The highest BCUT2D eigenvalue weighted by molar-refractivity contribution is 5.93. The summed E-state index contributed by atoms with van der Waals surface area (Å²) in [6, 6.07) is 5.65. The van der Waals surface area contributed by atoms with Crippen LogP contribution in [0.5, 0.6) is 0 Å². The van der Waals surface area contributed by atoms with E-state index in [1.807, 2.05) is 17.0 Å². The van der Waals surface area contributed by atoms with Crippen molar-refractivity contribution in [1.29, 1.82) is 0 Å². The number of carbonyl (C=O) groups excluding carboxylic acids is 1. The average molecular weight is 356 g/mol. The second-order valence-corrected chi connectivity index (χ2v) is 7.11. The van der Waals surface area contributed by atoms with Crippen LogP contribution in [-0.2, 0) is 16.1 Å². The summed E-state index contributed by atoms with van der Waals surface area (Å²) < 4.78 is 17.3. The van der Waals surface area contributed by atoms with E-state index in [4.69, 9.17) is 13.9 Å². The van der Waals surface area contributed by atoms with E-state index >= 15 is 0 Å². The molecule has 0 radical (unpaired) electrons. The molecule has 1 amide bonds. The van der Waals surface area contributed by atoms with E-state index < -0.39 is 0 Å². The monoisotopic (exact) mass is 356 g/mol. The Labute approximate surface area is 153 Å². The van der Waals surface area contributed by atoms with Crippen LogP contribution in [0.25, 0.3) is 0 Å². The van der Waals surface area contributed by atoms with Gasteiger partial charge in [-0.2, -0.15) is 0 Å². The zero-order valence-electron chi connectivity index (χ0n) is 14.8. The van der Waals surface area contributed by atoms with Crippen molar-refractivity contribution in [3.8, 4) is 0 Å². The minimum absolute atomic E-state index is 0.0183. The third kappa shape index (κ3) is 3.52. The first-order valence-electron chi connectivity index (χ1n) is 9.19. The van der Waals surface area contributed by atoms with Gasteiger partial charge >= 0.3 is 0 Å². The maximum absolute atomic E-state index is 12.7. The Hall–Kier alpha value is -2.18. The van der Waals surface area contributed by atoms with Crippen LogP contribution in [0.1, 0.15) is 35.2 Å². The van der Waals surface area contributed by atoms with Crippen LogP contribution in [0.4, 0.5) is 0 Å². The van der Waals surface area contributed by atoms with Crippen molar-refractivity contribution >= 4 is 5.91 Å². The summed E-state index contributed by atoms with van der Waals surface area (Å²) in [6.07, 6.45) is 9.76. The number of nitrogens with zero attached hydrogens (tertiary/aromatic N) is 2. The number of aromatic nitrogens is 1. The molecule has 0 N–H and O–H groups in total. The molecular weight excluding hydrogens is 332 g/mol. The van der Waals surface area contributed by atoms with Gasteiger partial charge in [-0.15, -0.1) is 0 Å². The van der Waals surface area contributed by atoms with Crippen molar-refractivity contribution in [2.75, 3.05) is 26.3 Å². The van der Waals surface area contributed by atoms with Crippen LogP contribution in [0.3, 0.4) is 0 Å². The number of furan rings is 1. The molecule has 2 aromatic rings. The van der Waals surface area contributed by atoms with Crippen LogP contribution >= 0.6 is 0 Å². The summed E-state index contributed by atoms with van der Waals surface area (Å²) in [6.45, 7) is 3.05. The number of morpholine rings is 1. The Balaban J connectivity index is 1.38. The average Bonchev–Trinajstić information content (AvgIpc) is 3.33. The minimum atomic E-state index is -0.282. The molecule has 2 atom stereocenters. The van der Waals surface area contributed by atoms with Gasteiger partial charge in [0.25, 0.3) is 5.91 Å². The zero-order valence-corrected chi connectivity index (χ0v) is 14.8. The van der Waals surface area contributed by atoms with Gasteiger partial charge < -0.3 is 18.8 Å². The lowest BCUT2D eigenvalue weighted by molar-refractivity contribution is -0.134. The SMILES string of the molecule is O=C(c1ccoc1)N1CCO[C@]2(CCC[C@@H]2COCc2ccncc2)C1. The first-order chi connectivity index (χ1) is 12.8. The van der Waals surface area contributed by atoms with Crippen molar-refractivity contribution < 1.29 is 18.7 Å². The third-order valence-electron chi connectivity index (χ3n) is 5.50. The van der Waals surface area contributed by atoms with Crippen molar-refractivity contribution in [3.05, 3.63) is 54.2 Å². The lowest BCUT2D eigenvalue weighted by atomic mass is 9.89. The van der Waals surface area contributed by atoms with Gasteiger partial charge in [0.2, 0.25) is 0 Å². The first kappa shape index (κ1) is 17.2. The maximum Gasteiger partial charge on any atom is 0.257 e. The lowest BCUT2D eigenvalue weighted by Crippen LogP contribution is -2.56. The molecule has 0 bridgehead atoms. The van der Waals surface area contributed by atoms with E-state index in [0.29, 0.717) is 44.4 Å². The number of carbonyl (C=O) groups is 1. The smallest absolute Gasteiger partial charge is 0.257 e. The number of ether oxygens (including phenoxy) is 2. The number of hydrogen-bond acceptors (Lipinski definition) is 5. The van der Waals surface area contributed by atoms with Crippen LogP contribution in [-0.4, -0.2) is 47.7 Å². The molecule has 2 fully saturated rings. The van der Waals surface area contributed by atoms with Crippen LogP contribution < -0.4 is 0 Å². The molecule has 1 saturated carbocycles. The summed E-state index contributed by atoms with van der Waals surface area (Å²) in [4.78, 5) is 18.6. The highest BCUT2D eigenvalue weighted by Gasteiger charge is 2.48. The predicted molar refractivity (Wildman–Crippen MR) is 94.5 cm³/mol. The molecule has 1 aliphatic carbocycles. The number of pyridine rings is 1. The van der Waals surface area contributed by atoms with E-state index in [-0.39, 0.29) is 11.5 Å². The number of amides is 1. The van der Waals surface area contributed by atoms with Gasteiger partial charge in [-0.3, -0.25) is 9.78 Å². The van der Waals surface area contributed by atoms with Crippen molar-refractivity contribution in [1.82, 2.24) is 9.88 Å². The molecule has 2 aliphatic rings. The Morgan fingerprint density at radius 3 is 3.04 bits per heavy atom. The highest BCUT2D eigenvalue weighted by Crippen LogP contribution is 2.41. The predicted octanol–water partition coefficient (Wildman–Crippen LogP) is 2.90. The quantitative estimate of drug-likeness (QED) is 0.824. The van der Waals surface area contributed by atoms with E-state index in [2.05, 4.69) is 4.98 Å². The normalized spacial score (nSPS) is 25.7. The Kier molecular flexibility index (Phi) is 5.04. The van der Waals surface area contributed by atoms with Gasteiger partial charge in [0, 0.05) is 24.9 Å². The molecule has 0 aromatic carbocycles. The zero-order chi connectivity index (χ0) is 17.8. The van der Waals surface area contributed by atoms with Gasteiger partial charge in [0.1, 0.15) is 6.26 Å². The summed E-state index contributed by atoms with van der Waals surface area (Å²) in [5, 5.41) is 0. The summed E-state index contributed by atoms with van der Waals surface area (Å²) in [5.74, 6) is 0.328. The highest BCUT2D eigenvalue weighted by atomic mass is 16.5. The molecule has 138 valence electrons. The third-order valence-corrected chi connectivity index (χ3v) is 5.50. The van der Waals surface area contributed by atoms with E-state index in [9.17, 15) is 4.79 Å². The lowest BCUT2D eigenvalue weighted by Gasteiger charge is -2.44. The Bertz CT molecular complexity index is 719. The molecule has 0 unspecified atom stereocenters. The molecule has 1 spiro atoms. The standard InChI is InChI=1S/C20H24N2O4/c23-19(17-5-10-24-13-17)22-9-11-26-20(15-22)6-1-2-18(20)14-25-12-16-3-7-21-8-4-16/h3-5,7-8,10,13,18H,1-2,6,9,11-12,14-15H2/t18-,20-/m1/s1. The fraction of sp³-hybridized carbons (Fsp3) is 0.500. The van der Waals surface area contributed by atoms with Crippen molar-refractivity contribution in [2.24, 2.45) is 5.92 Å². The maximum atomic E-state index is 12.7. The summed E-state index contributed by atoms with van der Waals surface area (Å²) in [7, 11) is 0. The molecule has 6 heteroatoms. The number of hydrogen-bond donors (Lipinski definition) is 0. The van der Waals surface area contributed by atoms with Gasteiger partial charge in [0.05, 0.1) is 43.8 Å². The molecule has 4 rings (SSSR count). The summed E-state index contributed by atoms with van der Waals surface area (Å²) >= 11 is 0. The van der Waals surface area contributed by atoms with Crippen LogP contribution in [0.2, 0.25) is 0 Å². The van der Waals surface area contributed by atoms with Gasteiger partial charge in [0.15, 0.2) is 0 Å². The number of rotatable bonds is 5. The van der Waals surface area contributed by atoms with Gasteiger partial charge in [-0.25, -0.2) is 0 Å². The van der Waals surface area contributed by atoms with E-state index in [1.54, 1.807) is 18.5 Å². The van der Waals surface area contributed by atoms with Crippen LogP contribution in [0.15, 0.2) is 47.5 Å². The van der Waals surface area contributed by atoms with E-state index in [0.717, 1.165) is 24.8 Å². The van der Waals surface area contributed by atoms with Gasteiger partial charge in [-0.05, 0) is 36.6 Å². The Morgan fingerprint density at radius 1 is 1.35 bits per heavy atom. The van der Waals surface area contributed by atoms with Gasteiger partial charge in [-0.1, -0.05) is 6.42 Å². The van der Waals surface area contributed by atoms with Crippen LogP contribution in [0, 0.1) is 5.92 Å².